The lowest BCUT2D eigenvalue weighted by molar-refractivity contribution is -0.114. The van der Waals surface area contributed by atoms with Crippen molar-refractivity contribution in [1.29, 1.82) is 0 Å². The van der Waals surface area contributed by atoms with E-state index in [0.29, 0.717) is 16.9 Å². The van der Waals surface area contributed by atoms with Crippen molar-refractivity contribution in [3.8, 4) is 11.1 Å². The minimum absolute atomic E-state index is 0.0476. The minimum atomic E-state index is -3.96. The minimum Gasteiger partial charge on any atom is -0.326 e. The summed E-state index contributed by atoms with van der Waals surface area (Å²) < 4.78 is 28.1. The summed E-state index contributed by atoms with van der Waals surface area (Å²) in [5.41, 5.74) is 2.59. The molecule has 0 aliphatic carbocycles. The molecule has 1 amide bonds. The van der Waals surface area contributed by atoms with Crippen molar-refractivity contribution < 1.29 is 13.2 Å². The number of sulfonamides is 1. The zero-order valence-corrected chi connectivity index (χ0v) is 17.1. The van der Waals surface area contributed by atoms with E-state index in [9.17, 15) is 13.2 Å². The third-order valence-corrected chi connectivity index (χ3v) is 6.67. The Bertz CT molecular complexity index is 1070. The Labute approximate surface area is 171 Å². The molecular formula is C18H14Cl2N2O3S2. The number of hydrogen-bond acceptors (Lipinski definition) is 4. The fraction of sp³-hybridized carbons (Fsp3) is 0.0556. The smallest absolute Gasteiger partial charge is 0.264 e. The Morgan fingerprint density at radius 2 is 1.63 bits per heavy atom. The fourth-order valence-corrected chi connectivity index (χ4v) is 5.55. The zero-order chi connectivity index (χ0) is 19.6. The van der Waals surface area contributed by atoms with Crippen molar-refractivity contribution >= 4 is 61.8 Å². The first-order valence-electron chi connectivity index (χ1n) is 7.69. The summed E-state index contributed by atoms with van der Waals surface area (Å²) in [5.74, 6) is -0.164. The number of nitrogens with one attached hydrogen (secondary N) is 2. The molecule has 0 fully saturated rings. The molecule has 0 saturated carbocycles. The van der Waals surface area contributed by atoms with Crippen LogP contribution in [0.15, 0.2) is 58.1 Å². The van der Waals surface area contributed by atoms with Crippen LogP contribution >= 0.6 is 34.5 Å². The van der Waals surface area contributed by atoms with Gasteiger partial charge < -0.3 is 5.32 Å². The van der Waals surface area contributed by atoms with E-state index in [-0.39, 0.29) is 20.8 Å². The third-order valence-electron chi connectivity index (χ3n) is 3.61. The number of hydrogen-bond donors (Lipinski definition) is 2. The summed E-state index contributed by atoms with van der Waals surface area (Å²) in [5, 5.41) is 6.31. The topological polar surface area (TPSA) is 75.3 Å². The van der Waals surface area contributed by atoms with Crippen molar-refractivity contribution in [2.45, 2.75) is 11.8 Å². The van der Waals surface area contributed by atoms with Crippen LogP contribution < -0.4 is 10.0 Å². The zero-order valence-electron chi connectivity index (χ0n) is 14.0. The second-order valence-electron chi connectivity index (χ2n) is 5.61. The maximum absolute atomic E-state index is 12.8. The van der Waals surface area contributed by atoms with Crippen molar-refractivity contribution in [3.63, 3.8) is 0 Å². The van der Waals surface area contributed by atoms with Crippen LogP contribution in [0.25, 0.3) is 11.1 Å². The number of rotatable bonds is 5. The highest BCUT2D eigenvalue weighted by Crippen LogP contribution is 2.36. The van der Waals surface area contributed by atoms with Gasteiger partial charge in [-0.2, -0.15) is 0 Å². The molecule has 3 aromatic rings. The number of benzene rings is 2. The first kappa shape index (κ1) is 19.7. The van der Waals surface area contributed by atoms with Gasteiger partial charge in [0.05, 0.1) is 15.7 Å². The van der Waals surface area contributed by atoms with Crippen LogP contribution in [0.3, 0.4) is 0 Å². The van der Waals surface area contributed by atoms with Crippen LogP contribution in [0.1, 0.15) is 6.92 Å². The average Bonchev–Trinajstić information content (AvgIpc) is 3.02. The normalized spacial score (nSPS) is 11.2. The van der Waals surface area contributed by atoms with Gasteiger partial charge in [0.15, 0.2) is 0 Å². The second-order valence-corrected chi connectivity index (χ2v) is 8.79. The third kappa shape index (κ3) is 4.44. The van der Waals surface area contributed by atoms with Gasteiger partial charge in [-0.05, 0) is 29.8 Å². The van der Waals surface area contributed by atoms with E-state index in [1.165, 1.54) is 30.4 Å². The maximum Gasteiger partial charge on any atom is 0.264 e. The van der Waals surface area contributed by atoms with Crippen molar-refractivity contribution in [1.82, 2.24) is 0 Å². The van der Waals surface area contributed by atoms with Crippen LogP contribution in [-0.4, -0.2) is 14.3 Å². The summed E-state index contributed by atoms with van der Waals surface area (Å²) in [7, 11) is -3.96. The lowest BCUT2D eigenvalue weighted by Crippen LogP contribution is -2.14. The Morgan fingerprint density at radius 1 is 1.00 bits per heavy atom. The quantitative estimate of drug-likeness (QED) is 0.551. The van der Waals surface area contributed by atoms with Crippen LogP contribution in [0.4, 0.5) is 11.4 Å². The van der Waals surface area contributed by atoms with E-state index in [1.54, 1.807) is 35.7 Å². The maximum atomic E-state index is 12.8. The van der Waals surface area contributed by atoms with E-state index in [2.05, 4.69) is 10.0 Å². The van der Waals surface area contributed by atoms with E-state index in [0.717, 1.165) is 5.56 Å². The number of carbonyl (C=O) groups excluding carboxylic acids is 1. The molecule has 0 aliphatic rings. The van der Waals surface area contributed by atoms with Gasteiger partial charge in [-0.3, -0.25) is 9.52 Å². The highest BCUT2D eigenvalue weighted by Gasteiger charge is 2.23. The van der Waals surface area contributed by atoms with Crippen molar-refractivity contribution in [2.75, 3.05) is 10.0 Å². The van der Waals surface area contributed by atoms with Gasteiger partial charge in [0.25, 0.3) is 10.0 Å². The molecule has 0 unspecified atom stereocenters. The monoisotopic (exact) mass is 440 g/mol. The summed E-state index contributed by atoms with van der Waals surface area (Å²) in [6.07, 6.45) is 0. The lowest BCUT2D eigenvalue weighted by Gasteiger charge is -2.12. The molecule has 1 aromatic heterocycles. The van der Waals surface area contributed by atoms with Gasteiger partial charge in [0, 0.05) is 28.9 Å². The number of halogens is 2. The molecule has 1 heterocycles. The Morgan fingerprint density at radius 3 is 2.22 bits per heavy atom. The van der Waals surface area contributed by atoms with E-state index < -0.39 is 10.0 Å². The van der Waals surface area contributed by atoms with Gasteiger partial charge in [0.1, 0.15) is 4.90 Å². The number of amides is 1. The standard InChI is InChI=1S/C18H14Cl2N2O3S2/c1-11(23)21-13-7-5-12(6-8-13)14-9-26-10-17(14)22-27(24,25)18-15(19)3-2-4-16(18)20/h2-10,22H,1H3,(H,21,23). The summed E-state index contributed by atoms with van der Waals surface area (Å²) in [4.78, 5) is 11.0. The molecule has 3 rings (SSSR count). The molecule has 27 heavy (non-hydrogen) atoms. The fourth-order valence-electron chi connectivity index (χ4n) is 2.47. The van der Waals surface area contributed by atoms with Crippen LogP contribution in [0.2, 0.25) is 10.0 Å². The van der Waals surface area contributed by atoms with Crippen LogP contribution in [0.5, 0.6) is 0 Å². The van der Waals surface area contributed by atoms with Crippen molar-refractivity contribution in [2.24, 2.45) is 0 Å². The van der Waals surface area contributed by atoms with E-state index in [4.69, 9.17) is 23.2 Å². The highest BCUT2D eigenvalue weighted by molar-refractivity contribution is 7.93. The molecule has 0 spiro atoms. The van der Waals surface area contributed by atoms with Crippen LogP contribution in [-0.2, 0) is 14.8 Å². The Kier molecular flexibility index (Phi) is 5.76. The van der Waals surface area contributed by atoms with Gasteiger partial charge in [0.2, 0.25) is 5.91 Å². The van der Waals surface area contributed by atoms with Gasteiger partial charge in [-0.15, -0.1) is 11.3 Å². The Hall–Kier alpha value is -2.06. The van der Waals surface area contributed by atoms with Gasteiger partial charge in [-0.1, -0.05) is 41.4 Å². The summed E-state index contributed by atoms with van der Waals surface area (Å²) >= 11 is 13.4. The molecule has 0 bridgehead atoms. The second kappa shape index (κ2) is 7.90. The first-order chi connectivity index (χ1) is 12.8. The number of anilines is 2. The molecule has 2 N–H and O–H groups in total. The molecule has 0 saturated heterocycles. The molecule has 140 valence electrons. The molecule has 0 radical (unpaired) electrons. The van der Waals surface area contributed by atoms with E-state index in [1.807, 2.05) is 5.38 Å². The van der Waals surface area contributed by atoms with E-state index >= 15 is 0 Å². The predicted octanol–water partition coefficient (Wildman–Crippen LogP) is 5.48. The predicted molar refractivity (Wildman–Crippen MR) is 111 cm³/mol. The molecule has 2 aromatic carbocycles. The number of carbonyl (C=O) groups is 1. The molecule has 9 heteroatoms. The van der Waals surface area contributed by atoms with Crippen LogP contribution in [0, 0.1) is 0 Å². The Balaban J connectivity index is 1.92. The highest BCUT2D eigenvalue weighted by atomic mass is 35.5. The molecule has 0 atom stereocenters. The summed E-state index contributed by atoms with van der Waals surface area (Å²) in [6.45, 7) is 1.43. The lowest BCUT2D eigenvalue weighted by atomic mass is 10.1. The number of thiophene rings is 1. The molecule has 5 nitrogen and oxygen atoms in total. The molecular weight excluding hydrogens is 427 g/mol. The summed E-state index contributed by atoms with van der Waals surface area (Å²) in [6, 6.07) is 11.6. The first-order valence-corrected chi connectivity index (χ1v) is 10.9. The average molecular weight is 441 g/mol. The van der Waals surface area contributed by atoms with Gasteiger partial charge in [-0.25, -0.2) is 8.42 Å². The van der Waals surface area contributed by atoms with Crippen molar-refractivity contribution in [3.05, 3.63) is 63.3 Å². The largest absolute Gasteiger partial charge is 0.326 e. The SMILES string of the molecule is CC(=O)Nc1ccc(-c2cscc2NS(=O)(=O)c2c(Cl)cccc2Cl)cc1. The van der Waals surface area contributed by atoms with Gasteiger partial charge >= 0.3 is 0 Å². The molecule has 0 aliphatic heterocycles.